The van der Waals surface area contributed by atoms with E-state index >= 15 is 0 Å². The van der Waals surface area contributed by atoms with E-state index in [4.69, 9.17) is 34.8 Å². The number of halogens is 3. The average molecular weight is 404 g/mol. The van der Waals surface area contributed by atoms with Crippen molar-refractivity contribution < 1.29 is 15.0 Å². The van der Waals surface area contributed by atoms with Gasteiger partial charge in [0, 0.05) is 23.3 Å². The first-order chi connectivity index (χ1) is 11.8. The van der Waals surface area contributed by atoms with Gasteiger partial charge in [-0.3, -0.25) is 20.2 Å². The van der Waals surface area contributed by atoms with E-state index < -0.39 is 20.8 Å². The summed E-state index contributed by atoms with van der Waals surface area (Å²) >= 11 is 17.9. The van der Waals surface area contributed by atoms with Crippen molar-refractivity contribution in [3.63, 3.8) is 0 Å². The number of quaternary nitrogens is 1. The van der Waals surface area contributed by atoms with Crippen LogP contribution >= 0.6 is 34.8 Å². The van der Waals surface area contributed by atoms with E-state index in [0.717, 1.165) is 5.56 Å². The molecule has 0 spiro atoms. The van der Waals surface area contributed by atoms with Crippen LogP contribution in [0.1, 0.15) is 15.9 Å². The summed E-state index contributed by atoms with van der Waals surface area (Å²) in [6.07, 6.45) is -0.833. The van der Waals surface area contributed by atoms with E-state index in [0.29, 0.717) is 6.54 Å². The number of amides is 1. The second-order valence-corrected chi connectivity index (χ2v) is 7.59. The molecule has 0 aliphatic carbocycles. The molecule has 0 unspecified atom stereocenters. The van der Waals surface area contributed by atoms with Gasteiger partial charge in [0.1, 0.15) is 6.54 Å². The third-order valence-corrected chi connectivity index (χ3v) is 4.12. The van der Waals surface area contributed by atoms with E-state index in [9.17, 15) is 14.9 Å². The fraction of sp³-hybridized carbons (Fsp3) is 0.188. The first-order valence-electron chi connectivity index (χ1n) is 7.26. The molecule has 2 rings (SSSR count). The smallest absolute Gasteiger partial charge is 0.269 e. The van der Waals surface area contributed by atoms with Crippen LogP contribution in [0.5, 0.6) is 0 Å². The van der Waals surface area contributed by atoms with Crippen molar-refractivity contribution in [2.24, 2.45) is 0 Å². The molecule has 0 heterocycles. The Balaban J connectivity index is 2.05. The number of alkyl halides is 3. The minimum atomic E-state index is -1.73. The maximum absolute atomic E-state index is 12.3. The summed E-state index contributed by atoms with van der Waals surface area (Å²) in [6, 6.07) is 14.7. The molecule has 0 aliphatic heterocycles. The molecule has 0 fully saturated rings. The van der Waals surface area contributed by atoms with Gasteiger partial charge >= 0.3 is 0 Å². The number of carbonyl (C=O) groups excluding carboxylic acids is 1. The highest BCUT2D eigenvalue weighted by atomic mass is 35.6. The zero-order valence-electron chi connectivity index (χ0n) is 12.9. The number of nitrogens with two attached hydrogens (primary N) is 1. The van der Waals surface area contributed by atoms with E-state index in [2.05, 4.69) is 5.32 Å². The maximum Gasteiger partial charge on any atom is 0.269 e. The zero-order valence-corrected chi connectivity index (χ0v) is 15.1. The van der Waals surface area contributed by atoms with Crippen molar-refractivity contribution in [2.45, 2.75) is 16.5 Å². The van der Waals surface area contributed by atoms with Gasteiger partial charge in [-0.05, 0) is 12.1 Å². The van der Waals surface area contributed by atoms with Gasteiger partial charge in [0.15, 0.2) is 0 Å². The number of nitrogens with one attached hydrogen (secondary N) is 1. The Labute approximate surface area is 159 Å². The Morgan fingerprint density at radius 2 is 1.72 bits per heavy atom. The Hall–Kier alpha value is -1.86. The molecule has 0 saturated carbocycles. The Morgan fingerprint density at radius 1 is 1.12 bits per heavy atom. The molecule has 0 bridgehead atoms. The van der Waals surface area contributed by atoms with Crippen LogP contribution in [0.25, 0.3) is 0 Å². The molecule has 0 saturated heterocycles. The molecular formula is C16H15Cl3N3O3+. The second-order valence-electron chi connectivity index (χ2n) is 5.22. The number of nitrogens with zero attached hydrogens (tertiary/aromatic N) is 1. The van der Waals surface area contributed by atoms with E-state index in [1.165, 1.54) is 24.3 Å². The molecule has 132 valence electrons. The van der Waals surface area contributed by atoms with Crippen LogP contribution in [0.3, 0.4) is 0 Å². The van der Waals surface area contributed by atoms with Crippen LogP contribution in [-0.4, -0.2) is 20.8 Å². The van der Waals surface area contributed by atoms with Gasteiger partial charge in [-0.15, -0.1) is 0 Å². The highest BCUT2D eigenvalue weighted by Gasteiger charge is 2.37. The molecule has 1 amide bonds. The summed E-state index contributed by atoms with van der Waals surface area (Å²) in [6.45, 7) is 0.500. The van der Waals surface area contributed by atoms with Crippen molar-refractivity contribution in [1.29, 1.82) is 0 Å². The number of nitro groups is 1. The average Bonchev–Trinajstić information content (AvgIpc) is 2.58. The normalized spacial score (nSPS) is 12.4. The lowest BCUT2D eigenvalue weighted by Gasteiger charge is -2.23. The number of benzene rings is 2. The topological polar surface area (TPSA) is 88.8 Å². The number of non-ortho nitro benzene ring substituents is 1. The SMILES string of the molecule is O=C(N[C@H]([NH2+]Cc1ccccc1)C(Cl)(Cl)Cl)c1ccc([N+](=O)[O-])cc1. The quantitative estimate of drug-likeness (QED) is 0.336. The van der Waals surface area contributed by atoms with Gasteiger partial charge in [0.25, 0.3) is 15.4 Å². The molecule has 6 nitrogen and oxygen atoms in total. The molecule has 25 heavy (non-hydrogen) atoms. The standard InChI is InChI=1S/C16H14Cl3N3O3/c17-16(18,19)15(20-10-11-4-2-1-3-5-11)21-14(23)12-6-8-13(9-7-12)22(24)25/h1-9,15,20H,10H2,(H,21,23)/p+1/t15-/m0/s1. The van der Waals surface area contributed by atoms with Crippen molar-refractivity contribution in [3.05, 3.63) is 75.8 Å². The van der Waals surface area contributed by atoms with Crippen molar-refractivity contribution in [2.75, 3.05) is 0 Å². The molecule has 0 aromatic heterocycles. The van der Waals surface area contributed by atoms with Gasteiger partial charge in [0.2, 0.25) is 6.17 Å². The molecule has 9 heteroatoms. The first kappa shape index (κ1) is 19.5. The third-order valence-electron chi connectivity index (χ3n) is 3.41. The molecule has 2 aromatic carbocycles. The minimum Gasteiger partial charge on any atom is -0.319 e. The maximum atomic E-state index is 12.3. The van der Waals surface area contributed by atoms with Gasteiger partial charge in [-0.2, -0.15) is 0 Å². The van der Waals surface area contributed by atoms with Crippen LogP contribution < -0.4 is 10.6 Å². The van der Waals surface area contributed by atoms with E-state index in [1.54, 1.807) is 5.32 Å². The van der Waals surface area contributed by atoms with E-state index in [-0.39, 0.29) is 11.3 Å². The monoisotopic (exact) mass is 402 g/mol. The first-order valence-corrected chi connectivity index (χ1v) is 8.40. The fourth-order valence-corrected chi connectivity index (χ4v) is 2.53. The predicted octanol–water partition coefficient (Wildman–Crippen LogP) is 2.78. The zero-order chi connectivity index (χ0) is 18.4. The van der Waals surface area contributed by atoms with Crippen LogP contribution in [0.4, 0.5) is 5.69 Å². The molecule has 1 atom stereocenters. The molecule has 3 N–H and O–H groups in total. The van der Waals surface area contributed by atoms with Crippen LogP contribution in [0.2, 0.25) is 0 Å². The van der Waals surface area contributed by atoms with Gasteiger partial charge in [0.05, 0.1) is 4.92 Å². The van der Waals surface area contributed by atoms with Crippen LogP contribution in [0.15, 0.2) is 54.6 Å². The number of carbonyl (C=O) groups is 1. The summed E-state index contributed by atoms with van der Waals surface area (Å²) in [7, 11) is 0. The number of rotatable bonds is 6. The summed E-state index contributed by atoms with van der Waals surface area (Å²) in [5, 5.41) is 15.0. The minimum absolute atomic E-state index is 0.106. The summed E-state index contributed by atoms with van der Waals surface area (Å²) < 4.78 is -1.73. The Bertz CT molecular complexity index is 734. The lowest BCUT2D eigenvalue weighted by atomic mass is 10.2. The molecule has 0 aliphatic rings. The summed E-state index contributed by atoms with van der Waals surface area (Å²) in [4.78, 5) is 22.4. The number of hydrogen-bond donors (Lipinski definition) is 2. The van der Waals surface area contributed by atoms with Crippen LogP contribution in [0, 0.1) is 10.1 Å². The second kappa shape index (κ2) is 8.49. The molecular weight excluding hydrogens is 389 g/mol. The predicted molar refractivity (Wildman–Crippen MR) is 96.7 cm³/mol. The number of nitro benzene ring substituents is 1. The Kier molecular flexibility index (Phi) is 6.61. The van der Waals surface area contributed by atoms with Gasteiger partial charge in [-0.1, -0.05) is 65.1 Å². The highest BCUT2D eigenvalue weighted by Crippen LogP contribution is 2.27. The molecule has 2 aromatic rings. The largest absolute Gasteiger partial charge is 0.319 e. The van der Waals surface area contributed by atoms with Crippen molar-refractivity contribution in [1.82, 2.24) is 5.32 Å². The number of hydrogen-bond acceptors (Lipinski definition) is 3. The molecule has 0 radical (unpaired) electrons. The summed E-state index contributed by atoms with van der Waals surface area (Å²) in [5.41, 5.74) is 1.13. The Morgan fingerprint density at radius 3 is 2.24 bits per heavy atom. The van der Waals surface area contributed by atoms with Gasteiger partial charge in [-0.25, -0.2) is 0 Å². The highest BCUT2D eigenvalue weighted by molar-refractivity contribution is 6.68. The van der Waals surface area contributed by atoms with Gasteiger partial charge < -0.3 is 5.32 Å². The van der Waals surface area contributed by atoms with Crippen molar-refractivity contribution in [3.8, 4) is 0 Å². The summed E-state index contributed by atoms with van der Waals surface area (Å²) in [5.74, 6) is -0.490. The lowest BCUT2D eigenvalue weighted by molar-refractivity contribution is -0.706. The van der Waals surface area contributed by atoms with E-state index in [1.807, 2.05) is 30.3 Å². The lowest BCUT2D eigenvalue weighted by Crippen LogP contribution is -2.95. The van der Waals surface area contributed by atoms with Crippen molar-refractivity contribution >= 4 is 46.4 Å². The third kappa shape index (κ3) is 5.86. The van der Waals surface area contributed by atoms with Crippen LogP contribution in [-0.2, 0) is 6.54 Å². The fourth-order valence-electron chi connectivity index (χ4n) is 2.10.